The Kier molecular flexibility index (Phi) is 4.02. The third kappa shape index (κ3) is 2.70. The largest absolute Gasteiger partial charge is 0.332 e. The summed E-state index contributed by atoms with van der Waals surface area (Å²) in [5.41, 5.74) is 2.41. The highest BCUT2D eigenvalue weighted by atomic mass is 16.2. The average molecular weight is 365 g/mol. The molecule has 0 amide bonds. The molecule has 0 atom stereocenters. The molecule has 27 heavy (non-hydrogen) atoms. The van der Waals surface area contributed by atoms with Crippen molar-refractivity contribution in [3.63, 3.8) is 0 Å². The lowest BCUT2D eigenvalue weighted by Crippen LogP contribution is -2.40. The van der Waals surface area contributed by atoms with Gasteiger partial charge in [0, 0.05) is 25.5 Å². The first-order chi connectivity index (χ1) is 12.9. The van der Waals surface area contributed by atoms with E-state index >= 15 is 0 Å². The molecule has 140 valence electrons. The lowest BCUT2D eigenvalue weighted by Gasteiger charge is -2.09. The minimum absolute atomic E-state index is 0.195. The van der Waals surface area contributed by atoms with E-state index in [9.17, 15) is 9.59 Å². The molecule has 0 aliphatic rings. The Morgan fingerprint density at radius 1 is 1.07 bits per heavy atom. The summed E-state index contributed by atoms with van der Waals surface area (Å²) in [7, 11) is 1.67. The van der Waals surface area contributed by atoms with E-state index in [2.05, 4.69) is 21.7 Å². The van der Waals surface area contributed by atoms with Crippen LogP contribution in [0.5, 0.6) is 0 Å². The molecule has 7 heteroatoms. The van der Waals surface area contributed by atoms with Crippen molar-refractivity contribution in [3.8, 4) is 0 Å². The smallest absolute Gasteiger partial charge is 0.310 e. The van der Waals surface area contributed by atoms with E-state index in [0.717, 1.165) is 11.3 Å². The van der Waals surface area contributed by atoms with E-state index < -0.39 is 0 Å². The molecule has 0 N–H and O–H groups in total. The first kappa shape index (κ1) is 17.3. The Labute approximate surface area is 156 Å². The number of hydrogen-bond acceptors (Lipinski definition) is 3. The van der Waals surface area contributed by atoms with Crippen LogP contribution in [0.4, 0.5) is 0 Å². The van der Waals surface area contributed by atoms with Gasteiger partial charge < -0.3 is 4.57 Å². The van der Waals surface area contributed by atoms with Gasteiger partial charge in [-0.2, -0.15) is 4.98 Å². The van der Waals surface area contributed by atoms with Gasteiger partial charge in [-0.05, 0) is 18.4 Å². The monoisotopic (exact) mass is 365 g/mol. The van der Waals surface area contributed by atoms with Crippen molar-refractivity contribution >= 4 is 16.9 Å². The Morgan fingerprint density at radius 3 is 2.44 bits per heavy atom. The van der Waals surface area contributed by atoms with Crippen LogP contribution in [0.3, 0.4) is 0 Å². The molecule has 0 radical (unpaired) electrons. The third-order valence-corrected chi connectivity index (χ3v) is 4.87. The second-order valence-electron chi connectivity index (χ2n) is 7.45. The predicted molar refractivity (Wildman–Crippen MR) is 105 cm³/mol. The molecule has 0 aliphatic heterocycles. The lowest BCUT2D eigenvalue weighted by molar-refractivity contribution is 0.484. The van der Waals surface area contributed by atoms with Crippen molar-refractivity contribution in [1.29, 1.82) is 0 Å². The fourth-order valence-corrected chi connectivity index (χ4v) is 3.54. The van der Waals surface area contributed by atoms with E-state index in [1.807, 2.05) is 49.6 Å². The van der Waals surface area contributed by atoms with Crippen molar-refractivity contribution in [2.24, 2.45) is 13.0 Å². The van der Waals surface area contributed by atoms with E-state index in [1.54, 1.807) is 7.05 Å². The number of rotatable bonds is 4. The Hall–Kier alpha value is -3.09. The van der Waals surface area contributed by atoms with Gasteiger partial charge in [0.1, 0.15) is 0 Å². The second-order valence-corrected chi connectivity index (χ2v) is 7.45. The van der Waals surface area contributed by atoms with E-state index in [1.165, 1.54) is 9.13 Å². The van der Waals surface area contributed by atoms with Gasteiger partial charge in [0.2, 0.25) is 5.78 Å². The highest BCUT2D eigenvalue weighted by Crippen LogP contribution is 2.18. The average Bonchev–Trinajstić information content (AvgIpc) is 3.14. The molecule has 0 saturated heterocycles. The molecule has 0 fully saturated rings. The van der Waals surface area contributed by atoms with Gasteiger partial charge in [0.15, 0.2) is 11.2 Å². The molecule has 1 aromatic carbocycles. The zero-order valence-electron chi connectivity index (χ0n) is 16.0. The van der Waals surface area contributed by atoms with Gasteiger partial charge in [0.05, 0.1) is 6.54 Å². The SMILES string of the molecule is Cc1cn2c3c(=O)n(CC(C)C)c(=O)n(C)c3nc2n1Cc1ccccc1. The van der Waals surface area contributed by atoms with Crippen LogP contribution in [0.25, 0.3) is 16.9 Å². The molecule has 3 heterocycles. The molecule has 3 aromatic heterocycles. The molecule has 0 aliphatic carbocycles. The fourth-order valence-electron chi connectivity index (χ4n) is 3.54. The molecular formula is C20H23N5O2. The van der Waals surface area contributed by atoms with E-state index in [0.29, 0.717) is 30.0 Å². The number of fused-ring (bicyclic) bond motifs is 3. The molecule has 0 spiro atoms. The number of aryl methyl sites for hydroxylation is 2. The van der Waals surface area contributed by atoms with Gasteiger partial charge in [-0.1, -0.05) is 44.2 Å². The maximum Gasteiger partial charge on any atom is 0.332 e. The summed E-state index contributed by atoms with van der Waals surface area (Å²) in [6, 6.07) is 10.1. The fraction of sp³-hybridized carbons (Fsp3) is 0.350. The van der Waals surface area contributed by atoms with Crippen LogP contribution in [0.1, 0.15) is 25.1 Å². The third-order valence-electron chi connectivity index (χ3n) is 4.87. The summed E-state index contributed by atoms with van der Waals surface area (Å²) in [4.78, 5) is 30.4. The molecular weight excluding hydrogens is 342 g/mol. The molecule has 4 aromatic rings. The Bertz CT molecular complexity index is 1260. The minimum Gasteiger partial charge on any atom is -0.310 e. The maximum atomic E-state index is 13.1. The van der Waals surface area contributed by atoms with Crippen LogP contribution >= 0.6 is 0 Å². The Balaban J connectivity index is 2.00. The molecule has 0 unspecified atom stereocenters. The summed E-state index contributed by atoms with van der Waals surface area (Å²) in [6.07, 6.45) is 1.92. The van der Waals surface area contributed by atoms with Crippen molar-refractivity contribution in [2.45, 2.75) is 33.9 Å². The number of benzene rings is 1. The van der Waals surface area contributed by atoms with E-state index in [4.69, 9.17) is 0 Å². The van der Waals surface area contributed by atoms with Crippen LogP contribution in [0.2, 0.25) is 0 Å². The first-order valence-electron chi connectivity index (χ1n) is 9.10. The zero-order valence-corrected chi connectivity index (χ0v) is 16.0. The summed E-state index contributed by atoms with van der Waals surface area (Å²) >= 11 is 0. The quantitative estimate of drug-likeness (QED) is 0.557. The summed E-state index contributed by atoms with van der Waals surface area (Å²) < 4.78 is 6.65. The number of hydrogen-bond donors (Lipinski definition) is 0. The van der Waals surface area contributed by atoms with Gasteiger partial charge in [0.25, 0.3) is 5.56 Å². The van der Waals surface area contributed by atoms with Crippen molar-refractivity contribution < 1.29 is 0 Å². The highest BCUT2D eigenvalue weighted by Gasteiger charge is 2.20. The molecule has 7 nitrogen and oxygen atoms in total. The van der Waals surface area contributed by atoms with Crippen LogP contribution in [0.15, 0.2) is 46.1 Å². The standard InChI is InChI=1S/C20H23N5O2/c1-13(2)10-25-18(26)16-17(22(4)20(25)27)21-19-23(14(3)11-24(16)19)12-15-8-6-5-7-9-15/h5-9,11,13H,10,12H2,1-4H3. The van der Waals surface area contributed by atoms with Crippen molar-refractivity contribution in [2.75, 3.05) is 0 Å². The summed E-state index contributed by atoms with van der Waals surface area (Å²) in [6.45, 7) is 7.02. The van der Waals surface area contributed by atoms with Gasteiger partial charge >= 0.3 is 5.69 Å². The van der Waals surface area contributed by atoms with Crippen LogP contribution in [-0.2, 0) is 20.1 Å². The minimum atomic E-state index is -0.326. The first-order valence-corrected chi connectivity index (χ1v) is 9.10. The van der Waals surface area contributed by atoms with Gasteiger partial charge in [-0.3, -0.25) is 18.3 Å². The molecule has 4 rings (SSSR count). The number of nitrogens with zero attached hydrogens (tertiary/aromatic N) is 5. The summed E-state index contributed by atoms with van der Waals surface area (Å²) in [5, 5.41) is 0. The predicted octanol–water partition coefficient (Wildman–Crippen LogP) is 2.16. The normalized spacial score (nSPS) is 11.9. The maximum absolute atomic E-state index is 13.1. The van der Waals surface area contributed by atoms with Crippen LogP contribution in [0, 0.1) is 12.8 Å². The van der Waals surface area contributed by atoms with Crippen molar-refractivity contribution in [1.82, 2.24) is 23.1 Å². The lowest BCUT2D eigenvalue weighted by atomic mass is 10.2. The zero-order chi connectivity index (χ0) is 19.3. The van der Waals surface area contributed by atoms with Crippen LogP contribution < -0.4 is 11.2 Å². The number of imidazole rings is 2. The highest BCUT2D eigenvalue weighted by molar-refractivity contribution is 5.75. The topological polar surface area (TPSA) is 66.2 Å². The number of aromatic nitrogens is 5. The Morgan fingerprint density at radius 2 is 1.78 bits per heavy atom. The van der Waals surface area contributed by atoms with Crippen LogP contribution in [-0.4, -0.2) is 23.1 Å². The summed E-state index contributed by atoms with van der Waals surface area (Å²) in [5.74, 6) is 0.862. The van der Waals surface area contributed by atoms with Crippen molar-refractivity contribution in [3.05, 3.63) is 68.6 Å². The molecule has 0 bridgehead atoms. The molecule has 0 saturated carbocycles. The van der Waals surface area contributed by atoms with Gasteiger partial charge in [-0.15, -0.1) is 0 Å². The van der Waals surface area contributed by atoms with Gasteiger partial charge in [-0.25, -0.2) is 4.79 Å². The second kappa shape index (κ2) is 6.26. The van der Waals surface area contributed by atoms with E-state index in [-0.39, 0.29) is 17.2 Å².